The van der Waals surface area contributed by atoms with Gasteiger partial charge in [-0.15, -0.1) is 0 Å². The number of carbonyl (C=O) groups is 1. The van der Waals surface area contributed by atoms with Gasteiger partial charge in [-0.05, 0) is 33.0 Å². The van der Waals surface area contributed by atoms with E-state index in [0.29, 0.717) is 12.6 Å². The fourth-order valence-electron chi connectivity index (χ4n) is 3.16. The van der Waals surface area contributed by atoms with Gasteiger partial charge in [0.2, 0.25) is 5.91 Å². The molecule has 0 radical (unpaired) electrons. The molecule has 1 amide bonds. The van der Waals surface area contributed by atoms with Gasteiger partial charge in [0.05, 0.1) is 6.54 Å². The molecular formula is C15H30N4O. The van der Waals surface area contributed by atoms with Crippen LogP contribution in [0, 0.1) is 0 Å². The first-order valence-corrected chi connectivity index (χ1v) is 8.10. The molecule has 2 heterocycles. The van der Waals surface area contributed by atoms with E-state index in [2.05, 4.69) is 34.0 Å². The number of amides is 1. The van der Waals surface area contributed by atoms with Crippen LogP contribution in [0.2, 0.25) is 0 Å². The minimum atomic E-state index is 0.189. The number of carbonyl (C=O) groups excluding carboxylic acids is 1. The summed E-state index contributed by atoms with van der Waals surface area (Å²) < 4.78 is 0. The standard InChI is InChI=1S/C15H30N4O/c1-3-18-8-10-19(11-9-18)13-15(20)16-12-14-6-4-5-7-17(14)2/h14H,3-13H2,1-2H3,(H,16,20). The molecule has 20 heavy (non-hydrogen) atoms. The Labute approximate surface area is 123 Å². The van der Waals surface area contributed by atoms with Gasteiger partial charge in [0.15, 0.2) is 0 Å². The third kappa shape index (κ3) is 4.72. The maximum atomic E-state index is 12.0. The summed E-state index contributed by atoms with van der Waals surface area (Å²) in [6.45, 7) is 10.1. The van der Waals surface area contributed by atoms with Crippen LogP contribution in [0.15, 0.2) is 0 Å². The second-order valence-corrected chi connectivity index (χ2v) is 6.14. The topological polar surface area (TPSA) is 38.8 Å². The van der Waals surface area contributed by atoms with Crippen molar-refractivity contribution in [2.75, 3.05) is 59.4 Å². The lowest BCUT2D eigenvalue weighted by Gasteiger charge is -2.34. The monoisotopic (exact) mass is 282 g/mol. The third-order valence-corrected chi connectivity index (χ3v) is 4.74. The van der Waals surface area contributed by atoms with Gasteiger partial charge < -0.3 is 15.1 Å². The van der Waals surface area contributed by atoms with Crippen molar-refractivity contribution in [3.63, 3.8) is 0 Å². The number of hydrogen-bond donors (Lipinski definition) is 1. The number of nitrogens with zero attached hydrogens (tertiary/aromatic N) is 3. The van der Waals surface area contributed by atoms with Gasteiger partial charge in [0.25, 0.3) is 0 Å². The highest BCUT2D eigenvalue weighted by Crippen LogP contribution is 2.13. The fraction of sp³-hybridized carbons (Fsp3) is 0.933. The third-order valence-electron chi connectivity index (χ3n) is 4.74. The summed E-state index contributed by atoms with van der Waals surface area (Å²) in [6, 6.07) is 0.532. The summed E-state index contributed by atoms with van der Waals surface area (Å²) in [5.41, 5.74) is 0. The molecule has 1 unspecified atom stereocenters. The molecule has 0 bridgehead atoms. The molecule has 1 atom stereocenters. The normalized spacial score (nSPS) is 26.6. The molecule has 5 nitrogen and oxygen atoms in total. The maximum Gasteiger partial charge on any atom is 0.234 e. The van der Waals surface area contributed by atoms with Crippen LogP contribution in [0.25, 0.3) is 0 Å². The quantitative estimate of drug-likeness (QED) is 0.783. The molecule has 2 fully saturated rings. The molecule has 2 rings (SSSR count). The van der Waals surface area contributed by atoms with Gasteiger partial charge in [-0.1, -0.05) is 13.3 Å². The summed E-state index contributed by atoms with van der Waals surface area (Å²) in [4.78, 5) is 19.1. The zero-order valence-electron chi connectivity index (χ0n) is 13.1. The Morgan fingerprint density at radius 1 is 1.10 bits per heavy atom. The van der Waals surface area contributed by atoms with Crippen LogP contribution in [0.1, 0.15) is 26.2 Å². The molecule has 2 aliphatic rings. The van der Waals surface area contributed by atoms with Gasteiger partial charge in [0.1, 0.15) is 0 Å². The van der Waals surface area contributed by atoms with Crippen molar-refractivity contribution in [2.45, 2.75) is 32.2 Å². The highest BCUT2D eigenvalue weighted by molar-refractivity contribution is 5.78. The summed E-state index contributed by atoms with van der Waals surface area (Å²) in [5.74, 6) is 0.189. The molecule has 1 N–H and O–H groups in total. The smallest absolute Gasteiger partial charge is 0.234 e. The SMILES string of the molecule is CCN1CCN(CC(=O)NCC2CCCCN2C)CC1. The summed E-state index contributed by atoms with van der Waals surface area (Å²) in [5, 5.41) is 3.12. The average molecular weight is 282 g/mol. The van der Waals surface area contributed by atoms with Crippen molar-refractivity contribution in [1.82, 2.24) is 20.0 Å². The first kappa shape index (κ1) is 15.7. The number of rotatable bonds is 5. The zero-order chi connectivity index (χ0) is 14.4. The van der Waals surface area contributed by atoms with E-state index in [0.717, 1.165) is 39.3 Å². The van der Waals surface area contributed by atoms with Crippen molar-refractivity contribution in [3.05, 3.63) is 0 Å². The van der Waals surface area contributed by atoms with Crippen LogP contribution < -0.4 is 5.32 Å². The number of nitrogens with one attached hydrogen (secondary N) is 1. The van der Waals surface area contributed by atoms with Crippen LogP contribution in [-0.4, -0.2) is 86.1 Å². The Bertz CT molecular complexity index is 302. The predicted molar refractivity (Wildman–Crippen MR) is 81.8 cm³/mol. The molecule has 0 aromatic carbocycles. The van der Waals surface area contributed by atoms with E-state index in [4.69, 9.17) is 0 Å². The number of likely N-dealkylation sites (tertiary alicyclic amines) is 1. The molecule has 116 valence electrons. The number of likely N-dealkylation sites (N-methyl/N-ethyl adjacent to an activating group) is 2. The lowest BCUT2D eigenvalue weighted by Crippen LogP contribution is -2.51. The Morgan fingerprint density at radius 2 is 1.80 bits per heavy atom. The second-order valence-electron chi connectivity index (χ2n) is 6.14. The van der Waals surface area contributed by atoms with E-state index in [-0.39, 0.29) is 5.91 Å². The average Bonchev–Trinajstić information content (AvgIpc) is 2.47. The molecule has 5 heteroatoms. The van der Waals surface area contributed by atoms with E-state index < -0.39 is 0 Å². The van der Waals surface area contributed by atoms with Crippen LogP contribution in [-0.2, 0) is 4.79 Å². The molecular weight excluding hydrogens is 252 g/mol. The summed E-state index contributed by atoms with van der Waals surface area (Å²) in [6.07, 6.45) is 3.80. The van der Waals surface area contributed by atoms with E-state index in [1.165, 1.54) is 25.8 Å². The Hall–Kier alpha value is -0.650. The van der Waals surface area contributed by atoms with Gasteiger partial charge >= 0.3 is 0 Å². The van der Waals surface area contributed by atoms with E-state index in [1.807, 2.05) is 0 Å². The summed E-state index contributed by atoms with van der Waals surface area (Å²) >= 11 is 0. The van der Waals surface area contributed by atoms with Crippen molar-refractivity contribution in [1.29, 1.82) is 0 Å². The summed E-state index contributed by atoms with van der Waals surface area (Å²) in [7, 11) is 2.17. The Balaban J connectivity index is 1.63. The van der Waals surface area contributed by atoms with Gasteiger partial charge in [-0.3, -0.25) is 9.69 Å². The Kier molecular flexibility index (Phi) is 6.26. The molecule has 2 saturated heterocycles. The molecule has 0 aromatic rings. The predicted octanol–water partition coefficient (Wildman–Crippen LogP) is 0.224. The number of piperidine rings is 1. The van der Waals surface area contributed by atoms with Crippen molar-refractivity contribution in [2.24, 2.45) is 0 Å². The molecule has 0 aliphatic carbocycles. The van der Waals surface area contributed by atoms with Crippen molar-refractivity contribution < 1.29 is 4.79 Å². The maximum absolute atomic E-state index is 12.0. The second kappa shape index (κ2) is 7.96. The minimum absolute atomic E-state index is 0.189. The van der Waals surface area contributed by atoms with Crippen LogP contribution in [0.3, 0.4) is 0 Å². The highest BCUT2D eigenvalue weighted by atomic mass is 16.2. The number of hydrogen-bond acceptors (Lipinski definition) is 4. The first-order valence-electron chi connectivity index (χ1n) is 8.10. The molecule has 0 saturated carbocycles. The van der Waals surface area contributed by atoms with Crippen LogP contribution >= 0.6 is 0 Å². The molecule has 0 aromatic heterocycles. The fourth-order valence-corrected chi connectivity index (χ4v) is 3.16. The van der Waals surface area contributed by atoms with E-state index >= 15 is 0 Å². The largest absolute Gasteiger partial charge is 0.353 e. The lowest BCUT2D eigenvalue weighted by molar-refractivity contribution is -0.123. The van der Waals surface area contributed by atoms with Crippen LogP contribution in [0.4, 0.5) is 0 Å². The lowest BCUT2D eigenvalue weighted by atomic mass is 10.0. The van der Waals surface area contributed by atoms with Crippen molar-refractivity contribution >= 4 is 5.91 Å². The van der Waals surface area contributed by atoms with E-state index in [1.54, 1.807) is 0 Å². The number of piperazine rings is 1. The van der Waals surface area contributed by atoms with Crippen molar-refractivity contribution in [3.8, 4) is 0 Å². The van der Waals surface area contributed by atoms with Gasteiger partial charge in [-0.2, -0.15) is 0 Å². The van der Waals surface area contributed by atoms with E-state index in [9.17, 15) is 4.79 Å². The minimum Gasteiger partial charge on any atom is -0.353 e. The van der Waals surface area contributed by atoms with Gasteiger partial charge in [-0.25, -0.2) is 0 Å². The van der Waals surface area contributed by atoms with Gasteiger partial charge in [0, 0.05) is 38.8 Å². The highest BCUT2D eigenvalue weighted by Gasteiger charge is 2.21. The Morgan fingerprint density at radius 3 is 2.45 bits per heavy atom. The first-order chi connectivity index (χ1) is 9.69. The van der Waals surface area contributed by atoms with Crippen LogP contribution in [0.5, 0.6) is 0 Å². The molecule has 0 spiro atoms. The molecule has 2 aliphatic heterocycles. The zero-order valence-corrected chi connectivity index (χ0v) is 13.1.